The van der Waals surface area contributed by atoms with Crippen LogP contribution in [-0.4, -0.2) is 31.3 Å². The number of ether oxygens (including phenoxy) is 2. The van der Waals surface area contributed by atoms with Gasteiger partial charge < -0.3 is 20.9 Å². The lowest BCUT2D eigenvalue weighted by Crippen LogP contribution is -2.13. The number of pyridine rings is 1. The number of nitrogens with two attached hydrogens (primary N) is 2. The van der Waals surface area contributed by atoms with Gasteiger partial charge in [-0.05, 0) is 68.1 Å². The van der Waals surface area contributed by atoms with Crippen LogP contribution in [0, 0.1) is 11.8 Å². The Labute approximate surface area is 167 Å². The third-order valence-corrected chi connectivity index (χ3v) is 4.94. The minimum absolute atomic E-state index is 0.437. The molecule has 5 heteroatoms. The van der Waals surface area contributed by atoms with E-state index in [-0.39, 0.29) is 0 Å². The molecule has 2 aromatic carbocycles. The summed E-state index contributed by atoms with van der Waals surface area (Å²) in [6.45, 7) is 6.99. The van der Waals surface area contributed by atoms with Gasteiger partial charge in [-0.15, -0.1) is 0 Å². The highest BCUT2D eigenvalue weighted by atomic mass is 16.5. The molecule has 0 spiro atoms. The van der Waals surface area contributed by atoms with Gasteiger partial charge in [-0.25, -0.2) is 4.98 Å². The number of benzene rings is 2. The fourth-order valence-electron chi connectivity index (χ4n) is 3.17. The summed E-state index contributed by atoms with van der Waals surface area (Å²) in [5.74, 6) is 2.55. The predicted molar refractivity (Wildman–Crippen MR) is 116 cm³/mol. The molecule has 3 aromatic rings. The average Bonchev–Trinajstić information content (AvgIpc) is 2.69. The molecule has 0 saturated heterocycles. The highest BCUT2D eigenvalue weighted by Crippen LogP contribution is 2.26. The van der Waals surface area contributed by atoms with Crippen molar-refractivity contribution in [2.24, 2.45) is 23.3 Å². The van der Waals surface area contributed by atoms with Gasteiger partial charge in [-0.3, -0.25) is 0 Å². The first kappa shape index (κ1) is 20.4. The quantitative estimate of drug-likeness (QED) is 0.516. The zero-order valence-corrected chi connectivity index (χ0v) is 16.9. The summed E-state index contributed by atoms with van der Waals surface area (Å²) >= 11 is 0. The van der Waals surface area contributed by atoms with E-state index in [0.29, 0.717) is 38.1 Å². The van der Waals surface area contributed by atoms with E-state index >= 15 is 0 Å². The van der Waals surface area contributed by atoms with Crippen molar-refractivity contribution in [2.45, 2.75) is 26.7 Å². The summed E-state index contributed by atoms with van der Waals surface area (Å²) in [5, 5.41) is 2.19. The van der Waals surface area contributed by atoms with Gasteiger partial charge in [0, 0.05) is 22.9 Å². The Bertz CT molecular complexity index is 842. The number of nitrogens with zero attached hydrogens (tertiary/aromatic N) is 1. The zero-order valence-electron chi connectivity index (χ0n) is 16.9. The Kier molecular flexibility index (Phi) is 7.06. The van der Waals surface area contributed by atoms with Crippen LogP contribution in [0.3, 0.4) is 0 Å². The minimum Gasteiger partial charge on any atom is -0.493 e. The molecule has 0 saturated carbocycles. The van der Waals surface area contributed by atoms with Gasteiger partial charge >= 0.3 is 0 Å². The first-order chi connectivity index (χ1) is 13.6. The largest absolute Gasteiger partial charge is 0.493 e. The second-order valence-corrected chi connectivity index (χ2v) is 7.68. The molecule has 2 atom stereocenters. The van der Waals surface area contributed by atoms with E-state index in [1.807, 2.05) is 24.3 Å². The molecular formula is C23H31N3O2. The normalized spacial score (nSPS) is 13.6. The lowest BCUT2D eigenvalue weighted by Gasteiger charge is -2.13. The van der Waals surface area contributed by atoms with Crippen LogP contribution in [0.25, 0.3) is 21.8 Å². The average molecular weight is 382 g/mol. The fourth-order valence-corrected chi connectivity index (χ4v) is 3.17. The third-order valence-electron chi connectivity index (χ3n) is 4.94. The SMILES string of the molecule is CC(CCN)COc1ccc2cc3ccc(OCC(C)CCN)cc3nc2c1. The molecule has 1 aromatic heterocycles. The number of rotatable bonds is 10. The Balaban J connectivity index is 1.77. The number of aromatic nitrogens is 1. The molecular weight excluding hydrogens is 350 g/mol. The monoisotopic (exact) mass is 381 g/mol. The molecule has 150 valence electrons. The maximum atomic E-state index is 5.92. The van der Waals surface area contributed by atoms with Crippen molar-refractivity contribution in [3.05, 3.63) is 42.5 Å². The van der Waals surface area contributed by atoms with Gasteiger partial charge in [0.15, 0.2) is 0 Å². The summed E-state index contributed by atoms with van der Waals surface area (Å²) in [6.07, 6.45) is 1.92. The van der Waals surface area contributed by atoms with Crippen molar-refractivity contribution in [3.63, 3.8) is 0 Å². The smallest absolute Gasteiger partial charge is 0.121 e. The van der Waals surface area contributed by atoms with Crippen LogP contribution < -0.4 is 20.9 Å². The molecule has 1 heterocycles. The van der Waals surface area contributed by atoms with Gasteiger partial charge in [-0.1, -0.05) is 13.8 Å². The Morgan fingerprint density at radius 3 is 1.64 bits per heavy atom. The molecule has 3 rings (SSSR count). The molecule has 0 bridgehead atoms. The van der Waals surface area contributed by atoms with E-state index in [4.69, 9.17) is 25.9 Å². The highest BCUT2D eigenvalue weighted by Gasteiger charge is 2.07. The van der Waals surface area contributed by atoms with Crippen LogP contribution in [0.4, 0.5) is 0 Å². The van der Waals surface area contributed by atoms with E-state index in [9.17, 15) is 0 Å². The molecule has 5 nitrogen and oxygen atoms in total. The number of hydrogen-bond acceptors (Lipinski definition) is 5. The van der Waals surface area contributed by atoms with E-state index < -0.39 is 0 Å². The van der Waals surface area contributed by atoms with Crippen molar-refractivity contribution in [3.8, 4) is 11.5 Å². The van der Waals surface area contributed by atoms with Crippen molar-refractivity contribution in [2.75, 3.05) is 26.3 Å². The first-order valence-corrected chi connectivity index (χ1v) is 10.1. The standard InChI is InChI=1S/C23H31N3O2/c1-16(7-9-24)14-27-20-5-3-18-11-19-4-6-21(28-15-17(2)8-10-25)13-23(19)26-22(18)12-20/h3-6,11-13,16-17H,7-10,14-15,24-25H2,1-2H3. The van der Waals surface area contributed by atoms with Crippen LogP contribution in [0.5, 0.6) is 11.5 Å². The molecule has 0 aliphatic carbocycles. The summed E-state index contributed by atoms with van der Waals surface area (Å²) in [6, 6.07) is 14.3. The first-order valence-electron chi connectivity index (χ1n) is 10.1. The summed E-state index contributed by atoms with van der Waals surface area (Å²) in [4.78, 5) is 4.83. The van der Waals surface area contributed by atoms with Crippen LogP contribution >= 0.6 is 0 Å². The summed E-state index contributed by atoms with van der Waals surface area (Å²) < 4.78 is 11.8. The van der Waals surface area contributed by atoms with Crippen LogP contribution in [0.15, 0.2) is 42.5 Å². The van der Waals surface area contributed by atoms with Gasteiger partial charge in [0.05, 0.1) is 24.2 Å². The summed E-state index contributed by atoms with van der Waals surface area (Å²) in [7, 11) is 0. The van der Waals surface area contributed by atoms with E-state index in [1.165, 1.54) is 0 Å². The van der Waals surface area contributed by atoms with Crippen LogP contribution in [0.1, 0.15) is 26.7 Å². The zero-order chi connectivity index (χ0) is 19.9. The number of hydrogen-bond donors (Lipinski definition) is 2. The maximum absolute atomic E-state index is 5.92. The lowest BCUT2D eigenvalue weighted by atomic mass is 10.1. The van der Waals surface area contributed by atoms with Crippen molar-refractivity contribution in [1.29, 1.82) is 0 Å². The van der Waals surface area contributed by atoms with Gasteiger partial charge in [-0.2, -0.15) is 0 Å². The third kappa shape index (κ3) is 5.33. The van der Waals surface area contributed by atoms with Crippen LogP contribution in [0.2, 0.25) is 0 Å². The van der Waals surface area contributed by atoms with Gasteiger partial charge in [0.25, 0.3) is 0 Å². The second kappa shape index (κ2) is 9.71. The number of fused-ring (bicyclic) bond motifs is 2. The Morgan fingerprint density at radius 1 is 0.750 bits per heavy atom. The highest BCUT2D eigenvalue weighted by molar-refractivity contribution is 5.93. The maximum Gasteiger partial charge on any atom is 0.121 e. The minimum atomic E-state index is 0.437. The van der Waals surface area contributed by atoms with Gasteiger partial charge in [0.2, 0.25) is 0 Å². The predicted octanol–water partition coefficient (Wildman–Crippen LogP) is 4.12. The van der Waals surface area contributed by atoms with Crippen LogP contribution in [-0.2, 0) is 0 Å². The molecule has 4 N–H and O–H groups in total. The van der Waals surface area contributed by atoms with E-state index in [1.54, 1.807) is 0 Å². The van der Waals surface area contributed by atoms with Crippen molar-refractivity contribution >= 4 is 21.8 Å². The molecule has 0 radical (unpaired) electrons. The lowest BCUT2D eigenvalue weighted by molar-refractivity contribution is 0.254. The van der Waals surface area contributed by atoms with E-state index in [2.05, 4.69) is 32.0 Å². The van der Waals surface area contributed by atoms with Crippen molar-refractivity contribution in [1.82, 2.24) is 4.98 Å². The molecule has 2 unspecified atom stereocenters. The molecule has 0 amide bonds. The summed E-state index contributed by atoms with van der Waals surface area (Å²) in [5.41, 5.74) is 13.1. The molecule has 0 aliphatic heterocycles. The van der Waals surface area contributed by atoms with Crippen molar-refractivity contribution < 1.29 is 9.47 Å². The van der Waals surface area contributed by atoms with E-state index in [0.717, 1.165) is 46.1 Å². The second-order valence-electron chi connectivity index (χ2n) is 7.68. The van der Waals surface area contributed by atoms with Gasteiger partial charge in [0.1, 0.15) is 11.5 Å². The molecule has 0 fully saturated rings. The fraction of sp³-hybridized carbons (Fsp3) is 0.435. The topological polar surface area (TPSA) is 83.4 Å². The molecule has 0 aliphatic rings. The Hall–Kier alpha value is -2.37. The Morgan fingerprint density at radius 2 is 1.21 bits per heavy atom. The molecule has 28 heavy (non-hydrogen) atoms.